The standard InChI is InChI=1S/C12H21NO3/c1-6-9(14)12(5)7-13(8-12)10(15)16-11(2,3)4/h6-8H2,1-5H3. The van der Waals surface area contributed by atoms with Crippen molar-refractivity contribution >= 4 is 11.9 Å². The van der Waals surface area contributed by atoms with Gasteiger partial charge in [-0.2, -0.15) is 0 Å². The fourth-order valence-electron chi connectivity index (χ4n) is 1.85. The highest BCUT2D eigenvalue weighted by atomic mass is 16.6. The van der Waals surface area contributed by atoms with Crippen LogP contribution in [0.15, 0.2) is 0 Å². The molecule has 0 atom stereocenters. The molecular formula is C12H21NO3. The maximum Gasteiger partial charge on any atom is 0.410 e. The highest BCUT2D eigenvalue weighted by Crippen LogP contribution is 2.32. The molecule has 0 spiro atoms. The first-order valence-electron chi connectivity index (χ1n) is 5.69. The fraction of sp³-hybridized carbons (Fsp3) is 0.833. The van der Waals surface area contributed by atoms with Crippen molar-refractivity contribution in [3.8, 4) is 0 Å². The summed E-state index contributed by atoms with van der Waals surface area (Å²) >= 11 is 0. The van der Waals surface area contributed by atoms with Gasteiger partial charge in [-0.1, -0.05) is 6.92 Å². The SMILES string of the molecule is CCC(=O)C1(C)CN(C(=O)OC(C)(C)C)C1. The smallest absolute Gasteiger partial charge is 0.410 e. The lowest BCUT2D eigenvalue weighted by molar-refractivity contribution is -0.136. The number of amides is 1. The Morgan fingerprint density at radius 2 is 1.81 bits per heavy atom. The van der Waals surface area contributed by atoms with E-state index < -0.39 is 5.60 Å². The topological polar surface area (TPSA) is 46.6 Å². The van der Waals surface area contributed by atoms with E-state index in [1.165, 1.54) is 0 Å². The maximum absolute atomic E-state index is 11.6. The number of Topliss-reactive ketones (excluding diaryl/α,β-unsaturated/α-hetero) is 1. The number of carbonyl (C=O) groups excluding carboxylic acids is 2. The van der Waals surface area contributed by atoms with Crippen LogP contribution in [0.4, 0.5) is 4.79 Å². The van der Waals surface area contributed by atoms with Gasteiger partial charge in [-0.15, -0.1) is 0 Å². The Labute approximate surface area is 96.9 Å². The normalized spacial score (nSPS) is 18.9. The Morgan fingerprint density at radius 3 is 2.19 bits per heavy atom. The van der Waals surface area contributed by atoms with Gasteiger partial charge in [-0.05, 0) is 27.7 Å². The van der Waals surface area contributed by atoms with Crippen molar-refractivity contribution in [2.75, 3.05) is 13.1 Å². The number of ketones is 1. The number of carbonyl (C=O) groups is 2. The molecule has 1 rings (SSSR count). The second kappa shape index (κ2) is 4.07. The molecule has 16 heavy (non-hydrogen) atoms. The molecule has 1 fully saturated rings. The minimum absolute atomic E-state index is 0.215. The lowest BCUT2D eigenvalue weighted by atomic mass is 9.77. The van der Waals surface area contributed by atoms with E-state index in [2.05, 4.69) is 0 Å². The van der Waals surface area contributed by atoms with Crippen LogP contribution < -0.4 is 0 Å². The lowest BCUT2D eigenvalue weighted by Crippen LogP contribution is -2.61. The number of hydrogen-bond acceptors (Lipinski definition) is 3. The molecule has 0 aromatic carbocycles. The predicted molar refractivity (Wildman–Crippen MR) is 61.2 cm³/mol. The van der Waals surface area contributed by atoms with Gasteiger partial charge < -0.3 is 9.64 Å². The molecule has 1 aliphatic rings. The second-order valence-corrected chi connectivity index (χ2v) is 5.67. The highest BCUT2D eigenvalue weighted by molar-refractivity contribution is 5.87. The maximum atomic E-state index is 11.6. The molecule has 1 saturated heterocycles. The summed E-state index contributed by atoms with van der Waals surface area (Å²) < 4.78 is 5.22. The Balaban J connectivity index is 2.47. The van der Waals surface area contributed by atoms with Crippen LogP contribution in [0.5, 0.6) is 0 Å². The molecule has 0 unspecified atom stereocenters. The first kappa shape index (κ1) is 13.0. The monoisotopic (exact) mass is 227 g/mol. The number of rotatable bonds is 2. The van der Waals surface area contributed by atoms with E-state index in [0.29, 0.717) is 19.5 Å². The molecule has 92 valence electrons. The average molecular weight is 227 g/mol. The van der Waals surface area contributed by atoms with E-state index >= 15 is 0 Å². The van der Waals surface area contributed by atoms with E-state index in [4.69, 9.17) is 4.74 Å². The summed E-state index contributed by atoms with van der Waals surface area (Å²) in [6.07, 6.45) is 0.201. The molecule has 4 nitrogen and oxygen atoms in total. The first-order valence-corrected chi connectivity index (χ1v) is 5.69. The molecule has 1 heterocycles. The zero-order valence-corrected chi connectivity index (χ0v) is 10.8. The zero-order chi connectivity index (χ0) is 12.6. The predicted octanol–water partition coefficient (Wildman–Crippen LogP) is 2.22. The molecule has 0 radical (unpaired) electrons. The van der Waals surface area contributed by atoms with Crippen LogP contribution in [0, 0.1) is 5.41 Å². The largest absolute Gasteiger partial charge is 0.444 e. The Kier molecular flexibility index (Phi) is 3.31. The van der Waals surface area contributed by atoms with Crippen molar-refractivity contribution in [2.45, 2.75) is 46.6 Å². The quantitative estimate of drug-likeness (QED) is 0.726. The van der Waals surface area contributed by atoms with E-state index in [1.807, 2.05) is 34.6 Å². The van der Waals surface area contributed by atoms with Gasteiger partial charge in [0.05, 0.1) is 5.41 Å². The van der Waals surface area contributed by atoms with Crippen LogP contribution in [0.1, 0.15) is 41.0 Å². The third-order valence-corrected chi connectivity index (χ3v) is 2.73. The highest BCUT2D eigenvalue weighted by Gasteiger charge is 2.47. The van der Waals surface area contributed by atoms with Crippen LogP contribution >= 0.6 is 0 Å². The molecule has 0 bridgehead atoms. The molecular weight excluding hydrogens is 206 g/mol. The molecule has 0 aromatic heterocycles. The minimum Gasteiger partial charge on any atom is -0.444 e. The van der Waals surface area contributed by atoms with Crippen LogP contribution in [-0.4, -0.2) is 35.5 Å². The van der Waals surface area contributed by atoms with Crippen molar-refractivity contribution in [2.24, 2.45) is 5.41 Å². The van der Waals surface area contributed by atoms with Crippen LogP contribution in [0.3, 0.4) is 0 Å². The summed E-state index contributed by atoms with van der Waals surface area (Å²) in [5, 5.41) is 0. The number of ether oxygens (including phenoxy) is 1. The second-order valence-electron chi connectivity index (χ2n) is 5.67. The van der Waals surface area contributed by atoms with Gasteiger partial charge >= 0.3 is 6.09 Å². The van der Waals surface area contributed by atoms with E-state index in [0.717, 1.165) is 0 Å². The number of hydrogen-bond donors (Lipinski definition) is 0. The molecule has 0 saturated carbocycles. The van der Waals surface area contributed by atoms with Gasteiger partial charge in [0.25, 0.3) is 0 Å². The van der Waals surface area contributed by atoms with Crippen LogP contribution in [-0.2, 0) is 9.53 Å². The summed E-state index contributed by atoms with van der Waals surface area (Å²) in [6, 6.07) is 0. The van der Waals surface area contributed by atoms with Gasteiger partial charge in [0.2, 0.25) is 0 Å². The van der Waals surface area contributed by atoms with E-state index in [9.17, 15) is 9.59 Å². The zero-order valence-electron chi connectivity index (χ0n) is 10.8. The molecule has 0 aromatic rings. The molecule has 0 aliphatic carbocycles. The average Bonchev–Trinajstić information content (AvgIpc) is 2.08. The minimum atomic E-state index is -0.474. The summed E-state index contributed by atoms with van der Waals surface area (Å²) in [5.74, 6) is 0.215. The Hall–Kier alpha value is -1.06. The summed E-state index contributed by atoms with van der Waals surface area (Å²) in [6.45, 7) is 10.2. The van der Waals surface area contributed by atoms with Crippen molar-refractivity contribution in [3.05, 3.63) is 0 Å². The van der Waals surface area contributed by atoms with Crippen molar-refractivity contribution in [3.63, 3.8) is 0 Å². The molecule has 4 heteroatoms. The lowest BCUT2D eigenvalue weighted by Gasteiger charge is -2.46. The summed E-state index contributed by atoms with van der Waals surface area (Å²) in [4.78, 5) is 24.8. The van der Waals surface area contributed by atoms with Crippen molar-refractivity contribution in [1.29, 1.82) is 0 Å². The third-order valence-electron chi connectivity index (χ3n) is 2.73. The summed E-state index contributed by atoms with van der Waals surface area (Å²) in [5.41, 5.74) is -0.830. The fourth-order valence-corrected chi connectivity index (χ4v) is 1.85. The Morgan fingerprint density at radius 1 is 1.31 bits per heavy atom. The number of nitrogens with zero attached hydrogens (tertiary/aromatic N) is 1. The van der Waals surface area contributed by atoms with Crippen molar-refractivity contribution < 1.29 is 14.3 Å². The van der Waals surface area contributed by atoms with Crippen LogP contribution in [0.25, 0.3) is 0 Å². The third kappa shape index (κ3) is 2.74. The van der Waals surface area contributed by atoms with Crippen molar-refractivity contribution in [1.82, 2.24) is 4.90 Å². The molecule has 0 N–H and O–H groups in total. The summed E-state index contributed by atoms with van der Waals surface area (Å²) in [7, 11) is 0. The molecule has 1 amide bonds. The van der Waals surface area contributed by atoms with Gasteiger partial charge in [-0.3, -0.25) is 4.79 Å². The van der Waals surface area contributed by atoms with E-state index in [1.54, 1.807) is 4.90 Å². The molecule has 1 aliphatic heterocycles. The number of likely N-dealkylation sites (tertiary alicyclic amines) is 1. The van der Waals surface area contributed by atoms with Gasteiger partial charge in [0.15, 0.2) is 0 Å². The first-order chi connectivity index (χ1) is 7.18. The van der Waals surface area contributed by atoms with E-state index in [-0.39, 0.29) is 17.3 Å². The Bertz CT molecular complexity index is 298. The van der Waals surface area contributed by atoms with Gasteiger partial charge in [-0.25, -0.2) is 4.79 Å². The van der Waals surface area contributed by atoms with Gasteiger partial charge in [0.1, 0.15) is 11.4 Å². The van der Waals surface area contributed by atoms with Gasteiger partial charge in [0, 0.05) is 19.5 Å². The van der Waals surface area contributed by atoms with Crippen LogP contribution in [0.2, 0.25) is 0 Å².